The Morgan fingerprint density at radius 3 is 2.41 bits per heavy atom. The molecule has 3 fully saturated rings. The van der Waals surface area contributed by atoms with Crippen molar-refractivity contribution < 1.29 is 14.0 Å². The van der Waals surface area contributed by atoms with Crippen LogP contribution in [0.3, 0.4) is 0 Å². The van der Waals surface area contributed by atoms with Crippen molar-refractivity contribution in [2.24, 2.45) is 28.1 Å². The van der Waals surface area contributed by atoms with Gasteiger partial charge in [0.15, 0.2) is 5.78 Å². The van der Waals surface area contributed by atoms with Crippen LogP contribution in [0.4, 0.5) is 0 Å². The van der Waals surface area contributed by atoms with E-state index in [1.165, 1.54) is 0 Å². The van der Waals surface area contributed by atoms with Crippen LogP contribution in [0.5, 0.6) is 0 Å². The van der Waals surface area contributed by atoms with Gasteiger partial charge in [-0.2, -0.15) is 0 Å². The first kappa shape index (κ1) is 24.6. The van der Waals surface area contributed by atoms with E-state index in [2.05, 4.69) is 27.7 Å². The summed E-state index contributed by atoms with van der Waals surface area (Å²) in [5.41, 5.74) is 2.64. The van der Waals surface area contributed by atoms with Gasteiger partial charge in [0.25, 0.3) is 0 Å². The molecule has 1 unspecified atom stereocenters. The molecule has 0 aliphatic heterocycles. The summed E-state index contributed by atoms with van der Waals surface area (Å²) in [6, 6.07) is 3.58. The molecule has 34 heavy (non-hydrogen) atoms. The maximum Gasteiger partial charge on any atom is 0.339 e. The van der Waals surface area contributed by atoms with Crippen molar-refractivity contribution >= 4 is 17.1 Å². The molecule has 0 radical (unpaired) electrons. The molecular weight excluding hydrogens is 424 g/mol. The second-order valence-electron chi connectivity index (χ2n) is 11.9. The van der Waals surface area contributed by atoms with Crippen LogP contribution in [0.2, 0.25) is 0 Å². The second-order valence-corrected chi connectivity index (χ2v) is 11.9. The van der Waals surface area contributed by atoms with Gasteiger partial charge in [0.2, 0.25) is 0 Å². The summed E-state index contributed by atoms with van der Waals surface area (Å²) < 4.78 is 5.37. The third-order valence-corrected chi connectivity index (χ3v) is 9.52. The fourth-order valence-corrected chi connectivity index (χ4v) is 7.58. The Balaban J connectivity index is 1.64. The Kier molecular flexibility index (Phi) is 6.03. The Labute approximate surface area is 203 Å². The largest absolute Gasteiger partial charge is 0.423 e. The molecule has 0 amide bonds. The summed E-state index contributed by atoms with van der Waals surface area (Å²) in [5, 5.41) is 0. The third-order valence-electron chi connectivity index (χ3n) is 9.52. The van der Waals surface area contributed by atoms with Gasteiger partial charge in [-0.15, -0.1) is 0 Å². The Bertz CT molecular complexity index is 1190. The average Bonchev–Trinajstić information content (AvgIpc) is 3.04. The summed E-state index contributed by atoms with van der Waals surface area (Å²) in [7, 11) is 0. The van der Waals surface area contributed by atoms with Crippen molar-refractivity contribution in [3.8, 4) is 0 Å². The van der Waals surface area contributed by atoms with Crippen molar-refractivity contribution in [1.29, 1.82) is 0 Å². The Morgan fingerprint density at radius 2 is 1.74 bits per heavy atom. The summed E-state index contributed by atoms with van der Waals surface area (Å²) in [4.78, 5) is 37.9. The predicted octanol–water partition coefficient (Wildman–Crippen LogP) is 6.62. The number of aryl methyl sites for hydroxylation is 1. The monoisotopic (exact) mass is 462 g/mol. The molecule has 1 heterocycles. The maximum atomic E-state index is 13.4. The van der Waals surface area contributed by atoms with E-state index < -0.39 is 0 Å². The average molecular weight is 463 g/mol. The number of fused-ring (bicyclic) bond motifs is 3. The highest BCUT2D eigenvalue weighted by Gasteiger charge is 2.64. The molecule has 3 aliphatic rings. The van der Waals surface area contributed by atoms with Crippen LogP contribution in [0.1, 0.15) is 85.0 Å². The van der Waals surface area contributed by atoms with E-state index in [0.717, 1.165) is 36.0 Å². The molecule has 1 aromatic rings. The minimum Gasteiger partial charge on any atom is -0.423 e. The van der Waals surface area contributed by atoms with Crippen molar-refractivity contribution in [2.45, 2.75) is 80.6 Å². The van der Waals surface area contributed by atoms with Gasteiger partial charge >= 0.3 is 5.63 Å². The molecule has 4 atom stereocenters. The summed E-state index contributed by atoms with van der Waals surface area (Å²) in [6.07, 6.45) is 9.90. The van der Waals surface area contributed by atoms with Gasteiger partial charge in [0.1, 0.15) is 11.5 Å². The third kappa shape index (κ3) is 3.70. The van der Waals surface area contributed by atoms with Gasteiger partial charge in [0, 0.05) is 34.8 Å². The highest BCUT2D eigenvalue weighted by molar-refractivity contribution is 6.01. The van der Waals surface area contributed by atoms with Crippen molar-refractivity contribution in [2.75, 3.05) is 0 Å². The Morgan fingerprint density at radius 1 is 1.03 bits per heavy atom. The lowest BCUT2D eigenvalue weighted by Gasteiger charge is -2.60. The molecule has 4 nitrogen and oxygen atoms in total. The van der Waals surface area contributed by atoms with E-state index in [9.17, 15) is 14.4 Å². The molecule has 0 N–H and O–H groups in total. The second kappa shape index (κ2) is 8.32. The molecule has 4 heteroatoms. The standard InChI is InChI=1S/C30H38O4/c1-18(22-12-11-20(3)27(33)34-22)9-8-10-19(2)26-21(31)17-24-29(6)16-14-25(32)28(4,5)23(29)13-15-30(24,26)7/h8-12,23-24H,13-17H2,1-7H3/b10-8+,18-9+,26-19+/t23?,24-,29-,30-/m0/s1. The number of rotatable bonds is 3. The zero-order valence-corrected chi connectivity index (χ0v) is 21.7. The molecule has 182 valence electrons. The van der Waals surface area contributed by atoms with Crippen LogP contribution in [-0.2, 0) is 9.59 Å². The summed E-state index contributed by atoms with van der Waals surface area (Å²) in [5.74, 6) is 1.80. The SMILES string of the molecule is CC(/C=C/C=C(\C)c1ccc(C)c(=O)o1)=C1/C(=O)C[C@H]2[C@@]3(C)CCC(=O)C(C)(C)C3CC[C@]12C. The molecule has 1 aromatic heterocycles. The van der Waals surface area contributed by atoms with Crippen LogP contribution in [0.25, 0.3) is 5.57 Å². The molecule has 0 bridgehead atoms. The lowest BCUT2D eigenvalue weighted by atomic mass is 9.43. The van der Waals surface area contributed by atoms with E-state index in [4.69, 9.17) is 4.42 Å². The van der Waals surface area contributed by atoms with Gasteiger partial charge in [-0.25, -0.2) is 4.79 Å². The van der Waals surface area contributed by atoms with Gasteiger partial charge < -0.3 is 4.42 Å². The molecule has 0 saturated heterocycles. The van der Waals surface area contributed by atoms with Gasteiger partial charge in [-0.05, 0) is 80.6 Å². The first-order valence-corrected chi connectivity index (χ1v) is 12.6. The van der Waals surface area contributed by atoms with Crippen LogP contribution in [-0.4, -0.2) is 11.6 Å². The number of ketones is 2. The predicted molar refractivity (Wildman–Crippen MR) is 135 cm³/mol. The molecule has 0 spiro atoms. The number of Topliss-reactive ketones (excluding diaryl/α,β-unsaturated/α-hetero) is 2. The van der Waals surface area contributed by atoms with Crippen LogP contribution < -0.4 is 5.63 Å². The van der Waals surface area contributed by atoms with E-state index in [-0.39, 0.29) is 33.6 Å². The van der Waals surface area contributed by atoms with Crippen molar-refractivity contribution in [3.63, 3.8) is 0 Å². The van der Waals surface area contributed by atoms with E-state index in [1.54, 1.807) is 13.0 Å². The quantitative estimate of drug-likeness (QED) is 0.374. The van der Waals surface area contributed by atoms with Crippen LogP contribution in [0.15, 0.2) is 50.7 Å². The number of allylic oxidation sites excluding steroid dienone is 6. The zero-order chi connectivity index (χ0) is 25.1. The fraction of sp³-hybridized carbons (Fsp3) is 0.567. The topological polar surface area (TPSA) is 64.3 Å². The molecule has 3 saturated carbocycles. The van der Waals surface area contributed by atoms with Crippen molar-refractivity contribution in [3.05, 3.63) is 63.3 Å². The number of hydrogen-bond donors (Lipinski definition) is 0. The zero-order valence-electron chi connectivity index (χ0n) is 21.7. The van der Waals surface area contributed by atoms with Gasteiger partial charge in [0.05, 0.1) is 0 Å². The highest BCUT2D eigenvalue weighted by Crippen LogP contribution is 2.68. The van der Waals surface area contributed by atoms with Crippen LogP contribution in [0, 0.1) is 35.0 Å². The number of hydrogen-bond acceptors (Lipinski definition) is 4. The molecule has 3 aliphatic carbocycles. The summed E-state index contributed by atoms with van der Waals surface area (Å²) >= 11 is 0. The first-order valence-electron chi connectivity index (χ1n) is 12.6. The Hall–Kier alpha value is -2.49. The number of carbonyl (C=O) groups is 2. The van der Waals surface area contributed by atoms with E-state index in [0.29, 0.717) is 35.9 Å². The molecular formula is C30H38O4. The molecule has 4 rings (SSSR count). The van der Waals surface area contributed by atoms with Gasteiger partial charge in [-0.3, -0.25) is 9.59 Å². The smallest absolute Gasteiger partial charge is 0.339 e. The fourth-order valence-electron chi connectivity index (χ4n) is 7.58. The minimum absolute atomic E-state index is 0.00525. The normalized spacial score (nSPS) is 34.9. The lowest BCUT2D eigenvalue weighted by molar-refractivity contribution is -0.154. The van der Waals surface area contributed by atoms with Gasteiger partial charge in [-0.1, -0.05) is 45.9 Å². The highest BCUT2D eigenvalue weighted by atomic mass is 16.4. The number of carbonyl (C=O) groups excluding carboxylic acids is 2. The van der Waals surface area contributed by atoms with Crippen molar-refractivity contribution in [1.82, 2.24) is 0 Å². The summed E-state index contributed by atoms with van der Waals surface area (Å²) in [6.45, 7) is 14.5. The van der Waals surface area contributed by atoms with E-state index in [1.807, 2.05) is 38.1 Å². The molecule has 0 aromatic carbocycles. The van der Waals surface area contributed by atoms with E-state index >= 15 is 0 Å². The maximum absolute atomic E-state index is 13.4. The first-order chi connectivity index (χ1) is 15.8. The van der Waals surface area contributed by atoms with Crippen LogP contribution >= 0.6 is 0 Å². The lowest BCUT2D eigenvalue weighted by Crippen LogP contribution is -2.56. The minimum atomic E-state index is -0.320.